The highest BCUT2D eigenvalue weighted by atomic mass is 32.2. The van der Waals surface area contributed by atoms with Crippen LogP contribution in [0.4, 0.5) is 5.69 Å². The van der Waals surface area contributed by atoms with E-state index in [1.54, 1.807) is 32.4 Å². The van der Waals surface area contributed by atoms with Crippen molar-refractivity contribution < 1.29 is 19.0 Å². The molecule has 1 aliphatic rings. The van der Waals surface area contributed by atoms with E-state index in [1.165, 1.54) is 18.9 Å². The number of carbonyl (C=O) groups is 1. The van der Waals surface area contributed by atoms with Crippen molar-refractivity contribution >= 4 is 23.4 Å². The van der Waals surface area contributed by atoms with E-state index in [2.05, 4.69) is 20.2 Å². The highest BCUT2D eigenvalue weighted by Gasteiger charge is 2.22. The number of hydrogen-bond acceptors (Lipinski definition) is 8. The van der Waals surface area contributed by atoms with Gasteiger partial charge in [-0.2, -0.15) is 0 Å². The number of carbonyl (C=O) groups excluding carboxylic acids is 1. The molecule has 10 heteroatoms. The zero-order valence-electron chi connectivity index (χ0n) is 19.9. The Hall–Kier alpha value is -3.50. The van der Waals surface area contributed by atoms with Crippen molar-refractivity contribution in [3.8, 4) is 17.2 Å². The Morgan fingerprint density at radius 1 is 1.09 bits per heavy atom. The molecule has 2 heterocycles. The molecule has 0 saturated carbocycles. The first-order valence-electron chi connectivity index (χ1n) is 11.1. The summed E-state index contributed by atoms with van der Waals surface area (Å²) in [6, 6.07) is 13.0. The molecule has 0 fully saturated rings. The SMILES string of the molecule is COc1ccccc1CN1CCc2nc(SCC(=O)Nc3ccc(OC)c(OC)c3)[nH]c(=O)c2C1. The molecule has 0 spiro atoms. The Kier molecular flexibility index (Phi) is 7.94. The largest absolute Gasteiger partial charge is 0.496 e. The van der Waals surface area contributed by atoms with Gasteiger partial charge in [0.05, 0.1) is 38.3 Å². The zero-order chi connectivity index (χ0) is 24.8. The topological polar surface area (TPSA) is 106 Å². The lowest BCUT2D eigenvalue weighted by molar-refractivity contribution is -0.113. The Labute approximate surface area is 207 Å². The molecule has 0 radical (unpaired) electrons. The van der Waals surface area contributed by atoms with E-state index in [0.717, 1.165) is 23.6 Å². The number of benzene rings is 2. The van der Waals surface area contributed by atoms with Crippen molar-refractivity contribution in [2.45, 2.75) is 24.7 Å². The summed E-state index contributed by atoms with van der Waals surface area (Å²) in [5, 5.41) is 3.26. The van der Waals surface area contributed by atoms with Crippen LogP contribution in [0.5, 0.6) is 17.2 Å². The summed E-state index contributed by atoms with van der Waals surface area (Å²) >= 11 is 1.20. The maximum atomic E-state index is 12.8. The van der Waals surface area contributed by atoms with Crippen LogP contribution < -0.4 is 25.1 Å². The van der Waals surface area contributed by atoms with Gasteiger partial charge in [-0.15, -0.1) is 0 Å². The molecule has 9 nitrogen and oxygen atoms in total. The van der Waals surface area contributed by atoms with E-state index >= 15 is 0 Å². The van der Waals surface area contributed by atoms with Gasteiger partial charge in [0.1, 0.15) is 5.75 Å². The third kappa shape index (κ3) is 5.95. The molecule has 1 aromatic heterocycles. The number of nitrogens with one attached hydrogen (secondary N) is 2. The second-order valence-electron chi connectivity index (χ2n) is 7.98. The summed E-state index contributed by atoms with van der Waals surface area (Å²) in [6.45, 7) is 1.99. The van der Waals surface area contributed by atoms with Gasteiger partial charge >= 0.3 is 0 Å². The van der Waals surface area contributed by atoms with Gasteiger partial charge < -0.3 is 24.5 Å². The molecule has 0 unspecified atom stereocenters. The average molecular weight is 497 g/mol. The number of anilines is 1. The summed E-state index contributed by atoms with van der Waals surface area (Å²) in [5.41, 5.74) is 2.96. The van der Waals surface area contributed by atoms with Crippen LogP contribution in [0.2, 0.25) is 0 Å². The van der Waals surface area contributed by atoms with Crippen molar-refractivity contribution in [3.63, 3.8) is 0 Å². The van der Waals surface area contributed by atoms with Crippen LogP contribution >= 0.6 is 11.8 Å². The number of fused-ring (bicyclic) bond motifs is 1. The van der Waals surface area contributed by atoms with Crippen LogP contribution in [-0.2, 0) is 24.3 Å². The molecule has 0 saturated heterocycles. The van der Waals surface area contributed by atoms with E-state index in [-0.39, 0.29) is 17.2 Å². The highest BCUT2D eigenvalue weighted by molar-refractivity contribution is 7.99. The quantitative estimate of drug-likeness (QED) is 0.344. The van der Waals surface area contributed by atoms with E-state index in [0.29, 0.717) is 47.4 Å². The molecule has 3 aromatic rings. The molecule has 0 aliphatic carbocycles. The van der Waals surface area contributed by atoms with E-state index < -0.39 is 0 Å². The monoisotopic (exact) mass is 496 g/mol. The lowest BCUT2D eigenvalue weighted by Gasteiger charge is -2.28. The number of methoxy groups -OCH3 is 3. The average Bonchev–Trinajstić information content (AvgIpc) is 2.88. The normalized spacial score (nSPS) is 13.1. The third-order valence-corrected chi connectivity index (χ3v) is 6.59. The van der Waals surface area contributed by atoms with Gasteiger partial charge in [-0.1, -0.05) is 30.0 Å². The number of para-hydroxylation sites is 1. The maximum absolute atomic E-state index is 12.8. The maximum Gasteiger partial charge on any atom is 0.256 e. The molecule has 1 amide bonds. The third-order valence-electron chi connectivity index (χ3n) is 5.72. The fourth-order valence-electron chi connectivity index (χ4n) is 3.98. The second kappa shape index (κ2) is 11.3. The fraction of sp³-hybridized carbons (Fsp3) is 0.320. The second-order valence-corrected chi connectivity index (χ2v) is 8.94. The Morgan fingerprint density at radius 3 is 2.63 bits per heavy atom. The van der Waals surface area contributed by atoms with Crippen LogP contribution in [-0.4, -0.2) is 54.4 Å². The molecular formula is C25H28N4O5S. The first kappa shape index (κ1) is 24.6. The number of aromatic amines is 1. The molecule has 4 rings (SSSR count). The van der Waals surface area contributed by atoms with Gasteiger partial charge in [0.15, 0.2) is 16.7 Å². The summed E-state index contributed by atoms with van der Waals surface area (Å²) in [7, 11) is 4.75. The molecule has 0 bridgehead atoms. The van der Waals surface area contributed by atoms with Gasteiger partial charge in [-0.25, -0.2) is 4.98 Å². The Balaban J connectivity index is 1.37. The smallest absolute Gasteiger partial charge is 0.256 e. The minimum atomic E-state index is -0.217. The van der Waals surface area contributed by atoms with Crippen LogP contribution in [0.3, 0.4) is 0 Å². The molecule has 2 N–H and O–H groups in total. The van der Waals surface area contributed by atoms with Crippen molar-refractivity contribution in [2.75, 3.05) is 38.9 Å². The Morgan fingerprint density at radius 2 is 1.86 bits per heavy atom. The summed E-state index contributed by atoms with van der Waals surface area (Å²) in [4.78, 5) is 34.9. The number of thioether (sulfide) groups is 1. The van der Waals surface area contributed by atoms with Crippen LogP contribution in [0.1, 0.15) is 16.8 Å². The first-order chi connectivity index (χ1) is 17.0. The van der Waals surface area contributed by atoms with Crippen LogP contribution in [0.15, 0.2) is 52.4 Å². The van der Waals surface area contributed by atoms with E-state index in [1.807, 2.05) is 24.3 Å². The number of aromatic nitrogens is 2. The van der Waals surface area contributed by atoms with Crippen molar-refractivity contribution in [1.29, 1.82) is 0 Å². The molecule has 0 atom stereocenters. The number of rotatable bonds is 9. The van der Waals surface area contributed by atoms with Crippen LogP contribution in [0.25, 0.3) is 0 Å². The highest BCUT2D eigenvalue weighted by Crippen LogP contribution is 2.30. The van der Waals surface area contributed by atoms with E-state index in [4.69, 9.17) is 14.2 Å². The Bertz CT molecular complexity index is 1260. The number of hydrogen-bond donors (Lipinski definition) is 2. The predicted octanol–water partition coefficient (Wildman–Crippen LogP) is 3.08. The number of H-pyrrole nitrogens is 1. The molecule has 35 heavy (non-hydrogen) atoms. The van der Waals surface area contributed by atoms with Crippen molar-refractivity contribution in [1.82, 2.24) is 14.9 Å². The minimum absolute atomic E-state index is 0.107. The van der Waals surface area contributed by atoms with Crippen LogP contribution in [0, 0.1) is 0 Å². The van der Waals surface area contributed by atoms with Crippen molar-refractivity contribution in [3.05, 3.63) is 69.6 Å². The summed E-state index contributed by atoms with van der Waals surface area (Å²) in [5.74, 6) is 1.83. The van der Waals surface area contributed by atoms with Gasteiger partial charge in [0.2, 0.25) is 5.91 Å². The number of amides is 1. The molecule has 2 aromatic carbocycles. The van der Waals surface area contributed by atoms with Gasteiger partial charge in [-0.3, -0.25) is 14.5 Å². The van der Waals surface area contributed by atoms with E-state index in [9.17, 15) is 9.59 Å². The molecule has 184 valence electrons. The molecular weight excluding hydrogens is 468 g/mol. The summed E-state index contributed by atoms with van der Waals surface area (Å²) in [6.07, 6.45) is 0.666. The first-order valence-corrected chi connectivity index (χ1v) is 12.1. The minimum Gasteiger partial charge on any atom is -0.496 e. The standard InChI is InChI=1S/C25H28N4O5S/c1-32-20-7-5-4-6-16(20)13-29-11-10-19-18(14-29)24(31)28-25(27-19)35-15-23(30)26-17-8-9-21(33-2)22(12-17)34-3/h4-9,12H,10-11,13-15H2,1-3H3,(H,26,30)(H,27,28,31). The summed E-state index contributed by atoms with van der Waals surface area (Å²) < 4.78 is 15.9. The van der Waals surface area contributed by atoms with Gasteiger partial charge in [0, 0.05) is 43.4 Å². The fourth-order valence-corrected chi connectivity index (χ4v) is 4.66. The lowest BCUT2D eigenvalue weighted by atomic mass is 10.1. The zero-order valence-corrected chi connectivity index (χ0v) is 20.7. The number of nitrogens with zero attached hydrogens (tertiary/aromatic N) is 2. The molecule has 1 aliphatic heterocycles. The van der Waals surface area contributed by atoms with Gasteiger partial charge in [-0.05, 0) is 18.2 Å². The van der Waals surface area contributed by atoms with Gasteiger partial charge in [0.25, 0.3) is 5.56 Å². The number of ether oxygens (including phenoxy) is 3. The predicted molar refractivity (Wildman–Crippen MR) is 135 cm³/mol. The van der Waals surface area contributed by atoms with Crippen molar-refractivity contribution in [2.24, 2.45) is 0 Å². The lowest BCUT2D eigenvalue weighted by Crippen LogP contribution is -2.35.